The predicted octanol–water partition coefficient (Wildman–Crippen LogP) is 2.87. The Bertz CT molecular complexity index is 622. The Balaban J connectivity index is 2.01. The monoisotopic (exact) mass is 323 g/mol. The second-order valence-corrected chi connectivity index (χ2v) is 6.46. The molecule has 0 saturated carbocycles. The van der Waals surface area contributed by atoms with Crippen LogP contribution >= 0.6 is 22.7 Å². The van der Waals surface area contributed by atoms with Crippen molar-refractivity contribution in [2.45, 2.75) is 26.3 Å². The molecule has 1 unspecified atom stereocenters. The van der Waals surface area contributed by atoms with Crippen molar-refractivity contribution >= 4 is 39.6 Å². The van der Waals surface area contributed by atoms with Crippen LogP contribution in [0.2, 0.25) is 0 Å². The van der Waals surface area contributed by atoms with Crippen molar-refractivity contribution in [3.63, 3.8) is 0 Å². The topological polar surface area (TPSA) is 62.3 Å². The first-order valence-electron chi connectivity index (χ1n) is 6.48. The van der Waals surface area contributed by atoms with Gasteiger partial charge in [0.25, 0.3) is 5.91 Å². The van der Waals surface area contributed by atoms with E-state index in [1.165, 1.54) is 23.8 Å². The highest BCUT2D eigenvalue weighted by atomic mass is 32.1. The van der Waals surface area contributed by atoms with Crippen molar-refractivity contribution in [2.24, 2.45) is 0 Å². The third-order valence-electron chi connectivity index (χ3n) is 3.10. The fraction of sp³-hybridized carbons (Fsp3) is 0.357. The molecule has 1 N–H and O–H groups in total. The van der Waals surface area contributed by atoms with E-state index in [0.717, 1.165) is 6.42 Å². The number of aromatic nitrogens is 1. The number of hydrogen-bond acceptors (Lipinski definition) is 5. The van der Waals surface area contributed by atoms with E-state index in [0.29, 0.717) is 10.8 Å². The molecule has 2 aromatic heterocycles. The third kappa shape index (κ3) is 4.12. The van der Waals surface area contributed by atoms with Crippen LogP contribution in [-0.2, 0) is 11.2 Å². The first kappa shape index (κ1) is 15.7. The van der Waals surface area contributed by atoms with E-state index in [4.69, 9.17) is 0 Å². The van der Waals surface area contributed by atoms with Crippen LogP contribution in [0.15, 0.2) is 22.2 Å². The molecule has 2 heterocycles. The standard InChI is InChI=1S/C14H17N3O2S2/c1-9(6-11-4-5-20-7-11)17(3)13(19)12-8-21-14(16-12)15-10(2)18/h4-5,7-9H,6H2,1-3H3,(H,15,16,18). The van der Waals surface area contributed by atoms with Crippen LogP contribution in [-0.4, -0.2) is 34.8 Å². The number of carbonyl (C=O) groups is 2. The first-order valence-corrected chi connectivity index (χ1v) is 8.31. The number of nitrogens with one attached hydrogen (secondary N) is 1. The number of thiophene rings is 1. The summed E-state index contributed by atoms with van der Waals surface area (Å²) in [6.07, 6.45) is 0.814. The van der Waals surface area contributed by atoms with Gasteiger partial charge >= 0.3 is 0 Å². The minimum absolute atomic E-state index is 0.0815. The molecule has 21 heavy (non-hydrogen) atoms. The van der Waals surface area contributed by atoms with Crippen LogP contribution in [0, 0.1) is 0 Å². The van der Waals surface area contributed by atoms with Gasteiger partial charge in [0.15, 0.2) is 5.13 Å². The number of thiazole rings is 1. The molecular formula is C14H17N3O2S2. The molecule has 2 rings (SSSR count). The summed E-state index contributed by atoms with van der Waals surface area (Å²) in [5, 5.41) is 8.82. The van der Waals surface area contributed by atoms with Crippen molar-refractivity contribution < 1.29 is 9.59 Å². The molecule has 0 aliphatic rings. The zero-order chi connectivity index (χ0) is 15.4. The normalized spacial score (nSPS) is 12.0. The van der Waals surface area contributed by atoms with Gasteiger partial charge in [-0.25, -0.2) is 4.98 Å². The Morgan fingerprint density at radius 1 is 1.43 bits per heavy atom. The van der Waals surface area contributed by atoms with Crippen LogP contribution < -0.4 is 5.32 Å². The lowest BCUT2D eigenvalue weighted by atomic mass is 10.1. The quantitative estimate of drug-likeness (QED) is 0.920. The molecule has 0 fully saturated rings. The first-order chi connectivity index (χ1) is 9.97. The van der Waals surface area contributed by atoms with E-state index in [-0.39, 0.29) is 17.9 Å². The molecule has 0 saturated heterocycles. The maximum atomic E-state index is 12.4. The summed E-state index contributed by atoms with van der Waals surface area (Å²) in [4.78, 5) is 29.2. The van der Waals surface area contributed by atoms with E-state index in [1.807, 2.05) is 12.3 Å². The largest absolute Gasteiger partial charge is 0.337 e. The van der Waals surface area contributed by atoms with Crippen LogP contribution in [0.3, 0.4) is 0 Å². The van der Waals surface area contributed by atoms with Crippen LogP contribution in [0.5, 0.6) is 0 Å². The van der Waals surface area contributed by atoms with Gasteiger partial charge in [0.1, 0.15) is 5.69 Å². The van der Waals surface area contributed by atoms with E-state index in [2.05, 4.69) is 21.7 Å². The van der Waals surface area contributed by atoms with Crippen LogP contribution in [0.4, 0.5) is 5.13 Å². The SMILES string of the molecule is CC(=O)Nc1nc(C(=O)N(C)C(C)Cc2ccsc2)cs1. The Hall–Kier alpha value is -1.73. The molecule has 2 amide bonds. The number of likely N-dealkylation sites (N-methyl/N-ethyl adjacent to an activating group) is 1. The minimum Gasteiger partial charge on any atom is -0.337 e. The Morgan fingerprint density at radius 2 is 2.19 bits per heavy atom. The van der Waals surface area contributed by atoms with Gasteiger partial charge in [-0.2, -0.15) is 11.3 Å². The van der Waals surface area contributed by atoms with E-state index >= 15 is 0 Å². The van der Waals surface area contributed by atoms with Crippen LogP contribution in [0.1, 0.15) is 29.9 Å². The summed E-state index contributed by atoms with van der Waals surface area (Å²) in [7, 11) is 1.77. The number of hydrogen-bond donors (Lipinski definition) is 1. The Morgan fingerprint density at radius 3 is 2.81 bits per heavy atom. The highest BCUT2D eigenvalue weighted by molar-refractivity contribution is 7.14. The molecule has 0 aliphatic heterocycles. The zero-order valence-electron chi connectivity index (χ0n) is 12.1. The van der Waals surface area contributed by atoms with E-state index < -0.39 is 0 Å². The lowest BCUT2D eigenvalue weighted by molar-refractivity contribution is -0.114. The van der Waals surface area contributed by atoms with Gasteiger partial charge in [-0.1, -0.05) is 0 Å². The van der Waals surface area contributed by atoms with Gasteiger partial charge in [-0.3, -0.25) is 9.59 Å². The second-order valence-electron chi connectivity index (χ2n) is 4.82. The molecule has 7 heteroatoms. The van der Waals surface area contributed by atoms with Crippen molar-refractivity contribution in [1.29, 1.82) is 0 Å². The van der Waals surface area contributed by atoms with Gasteiger partial charge in [-0.05, 0) is 35.7 Å². The highest BCUT2D eigenvalue weighted by Gasteiger charge is 2.20. The molecule has 1 atom stereocenters. The lowest BCUT2D eigenvalue weighted by Gasteiger charge is -2.23. The molecular weight excluding hydrogens is 306 g/mol. The number of nitrogens with zero attached hydrogens (tertiary/aromatic N) is 2. The molecule has 5 nitrogen and oxygen atoms in total. The fourth-order valence-electron chi connectivity index (χ4n) is 1.85. The summed E-state index contributed by atoms with van der Waals surface area (Å²) in [5.74, 6) is -0.326. The maximum absolute atomic E-state index is 12.4. The van der Waals surface area contributed by atoms with Gasteiger partial charge in [0, 0.05) is 25.4 Å². The highest BCUT2D eigenvalue weighted by Crippen LogP contribution is 2.18. The number of anilines is 1. The number of rotatable bonds is 5. The molecule has 0 aromatic carbocycles. The van der Waals surface area contributed by atoms with Crippen molar-refractivity contribution in [2.75, 3.05) is 12.4 Å². The number of carbonyl (C=O) groups excluding carboxylic acids is 2. The predicted molar refractivity (Wildman–Crippen MR) is 86.0 cm³/mol. The fourth-order valence-corrected chi connectivity index (χ4v) is 3.26. The van der Waals surface area contributed by atoms with Crippen molar-refractivity contribution in [3.8, 4) is 0 Å². The van der Waals surface area contributed by atoms with Crippen molar-refractivity contribution in [1.82, 2.24) is 9.88 Å². The van der Waals surface area contributed by atoms with E-state index in [9.17, 15) is 9.59 Å². The van der Waals surface area contributed by atoms with Gasteiger partial charge in [-0.15, -0.1) is 11.3 Å². The Labute approximate surface area is 131 Å². The smallest absolute Gasteiger partial charge is 0.273 e. The van der Waals surface area contributed by atoms with Gasteiger partial charge < -0.3 is 10.2 Å². The molecule has 0 bridgehead atoms. The molecule has 2 aromatic rings. The lowest BCUT2D eigenvalue weighted by Crippen LogP contribution is -2.36. The summed E-state index contributed by atoms with van der Waals surface area (Å²) >= 11 is 2.90. The third-order valence-corrected chi connectivity index (χ3v) is 4.59. The Kier molecular flexibility index (Phi) is 5.08. The molecule has 0 radical (unpaired) electrons. The van der Waals surface area contributed by atoms with Crippen LogP contribution in [0.25, 0.3) is 0 Å². The maximum Gasteiger partial charge on any atom is 0.273 e. The number of amides is 2. The summed E-state index contributed by atoms with van der Waals surface area (Å²) in [6, 6.07) is 2.15. The average molecular weight is 323 g/mol. The molecule has 112 valence electrons. The molecule has 0 spiro atoms. The van der Waals surface area contributed by atoms with Gasteiger partial charge in [0.2, 0.25) is 5.91 Å². The average Bonchev–Trinajstić information content (AvgIpc) is 3.08. The molecule has 0 aliphatic carbocycles. The van der Waals surface area contributed by atoms with E-state index in [1.54, 1.807) is 28.7 Å². The zero-order valence-corrected chi connectivity index (χ0v) is 13.8. The van der Waals surface area contributed by atoms with Gasteiger partial charge in [0.05, 0.1) is 0 Å². The summed E-state index contributed by atoms with van der Waals surface area (Å²) in [5.41, 5.74) is 1.59. The summed E-state index contributed by atoms with van der Waals surface area (Å²) < 4.78 is 0. The minimum atomic E-state index is -0.192. The van der Waals surface area contributed by atoms with Crippen molar-refractivity contribution in [3.05, 3.63) is 33.5 Å². The summed E-state index contributed by atoms with van der Waals surface area (Å²) in [6.45, 7) is 3.43. The second kappa shape index (κ2) is 6.82.